The summed E-state index contributed by atoms with van der Waals surface area (Å²) in [6.45, 7) is 6.41. The Kier molecular flexibility index (Phi) is 6.08. The van der Waals surface area contributed by atoms with Crippen LogP contribution in [0.2, 0.25) is 0 Å². The van der Waals surface area contributed by atoms with E-state index in [4.69, 9.17) is 4.74 Å². The Bertz CT molecular complexity index is 397. The van der Waals surface area contributed by atoms with Crippen LogP contribution in [0, 0.1) is 5.92 Å². The Hall–Kier alpha value is -1.47. The molecule has 0 bridgehead atoms. The zero-order valence-corrected chi connectivity index (χ0v) is 13.1. The first-order valence-electron chi connectivity index (χ1n) is 7.32. The van der Waals surface area contributed by atoms with Crippen LogP contribution in [-0.2, 0) is 9.53 Å². The second-order valence-electron chi connectivity index (χ2n) is 6.45. The number of hydrogen-bond donors (Lipinski definition) is 1. The average molecular weight is 324 g/mol. The summed E-state index contributed by atoms with van der Waals surface area (Å²) in [7, 11) is 0. The maximum absolute atomic E-state index is 12.0. The molecule has 2 amide bonds. The van der Waals surface area contributed by atoms with Crippen LogP contribution in [0.5, 0.6) is 0 Å². The van der Waals surface area contributed by atoms with Gasteiger partial charge in [0.05, 0.1) is 0 Å². The topological polar surface area (TPSA) is 58.6 Å². The molecule has 1 heterocycles. The predicted molar refractivity (Wildman–Crippen MR) is 74.2 cm³/mol. The molecule has 0 aromatic carbocycles. The van der Waals surface area contributed by atoms with Crippen LogP contribution in [0.3, 0.4) is 0 Å². The van der Waals surface area contributed by atoms with Crippen LogP contribution in [0.25, 0.3) is 0 Å². The molecule has 1 aliphatic rings. The molecule has 0 saturated carbocycles. The van der Waals surface area contributed by atoms with Gasteiger partial charge in [-0.2, -0.15) is 13.2 Å². The molecule has 128 valence electrons. The molecule has 0 unspecified atom stereocenters. The minimum absolute atomic E-state index is 0.00452. The van der Waals surface area contributed by atoms with Gasteiger partial charge in [-0.05, 0) is 46.0 Å². The van der Waals surface area contributed by atoms with Crippen LogP contribution < -0.4 is 5.32 Å². The normalized spacial score (nSPS) is 17.3. The monoisotopic (exact) mass is 324 g/mol. The second kappa shape index (κ2) is 7.19. The Labute approximate surface area is 128 Å². The van der Waals surface area contributed by atoms with Crippen molar-refractivity contribution in [2.75, 3.05) is 19.6 Å². The number of hydrogen-bond acceptors (Lipinski definition) is 3. The SMILES string of the molecule is CC(C)(C)OC(=O)N1CCC(CCNC(=O)C(F)(F)F)CC1. The number of alkyl halides is 3. The number of piperidine rings is 1. The smallest absolute Gasteiger partial charge is 0.444 e. The molecule has 5 nitrogen and oxygen atoms in total. The Morgan fingerprint density at radius 3 is 2.18 bits per heavy atom. The van der Waals surface area contributed by atoms with Gasteiger partial charge < -0.3 is 15.0 Å². The molecule has 22 heavy (non-hydrogen) atoms. The van der Waals surface area contributed by atoms with Gasteiger partial charge in [-0.15, -0.1) is 0 Å². The van der Waals surface area contributed by atoms with Crippen LogP contribution in [0.4, 0.5) is 18.0 Å². The fourth-order valence-electron chi connectivity index (χ4n) is 2.22. The van der Waals surface area contributed by atoms with E-state index in [0.29, 0.717) is 32.4 Å². The highest BCUT2D eigenvalue weighted by Gasteiger charge is 2.38. The number of amides is 2. The Balaban J connectivity index is 2.26. The van der Waals surface area contributed by atoms with Gasteiger partial charge in [-0.3, -0.25) is 4.79 Å². The van der Waals surface area contributed by atoms with Crippen LogP contribution >= 0.6 is 0 Å². The van der Waals surface area contributed by atoms with Crippen molar-refractivity contribution >= 4 is 12.0 Å². The highest BCUT2D eigenvalue weighted by Crippen LogP contribution is 2.22. The minimum Gasteiger partial charge on any atom is -0.444 e. The van der Waals surface area contributed by atoms with Gasteiger partial charge in [0.15, 0.2) is 0 Å². The van der Waals surface area contributed by atoms with E-state index < -0.39 is 17.7 Å². The molecule has 0 spiro atoms. The van der Waals surface area contributed by atoms with E-state index in [0.717, 1.165) is 0 Å². The lowest BCUT2D eigenvalue weighted by atomic mass is 9.94. The van der Waals surface area contributed by atoms with Crippen molar-refractivity contribution in [3.8, 4) is 0 Å². The van der Waals surface area contributed by atoms with E-state index in [2.05, 4.69) is 0 Å². The summed E-state index contributed by atoms with van der Waals surface area (Å²) in [5.74, 6) is -1.70. The second-order valence-corrected chi connectivity index (χ2v) is 6.45. The Morgan fingerprint density at radius 2 is 1.73 bits per heavy atom. The number of carbonyl (C=O) groups is 2. The van der Waals surface area contributed by atoms with Gasteiger partial charge in [-0.25, -0.2) is 4.79 Å². The highest BCUT2D eigenvalue weighted by molar-refractivity contribution is 5.81. The lowest BCUT2D eigenvalue weighted by Crippen LogP contribution is -2.42. The van der Waals surface area contributed by atoms with Gasteiger partial charge in [0.1, 0.15) is 5.60 Å². The zero-order chi connectivity index (χ0) is 17.0. The fraction of sp³-hybridized carbons (Fsp3) is 0.857. The number of carbonyl (C=O) groups excluding carboxylic acids is 2. The maximum Gasteiger partial charge on any atom is 0.471 e. The highest BCUT2D eigenvalue weighted by atomic mass is 19.4. The van der Waals surface area contributed by atoms with Gasteiger partial charge >= 0.3 is 18.2 Å². The molecule has 8 heteroatoms. The van der Waals surface area contributed by atoms with Gasteiger partial charge in [0.2, 0.25) is 0 Å². The van der Waals surface area contributed by atoms with Crippen molar-refractivity contribution in [3.05, 3.63) is 0 Å². The van der Waals surface area contributed by atoms with Crippen molar-refractivity contribution < 1.29 is 27.5 Å². The van der Waals surface area contributed by atoms with Crippen molar-refractivity contribution in [2.45, 2.75) is 51.8 Å². The molecule has 1 saturated heterocycles. The molecular weight excluding hydrogens is 301 g/mol. The molecule has 0 aromatic heterocycles. The molecule has 0 aromatic rings. The first kappa shape index (κ1) is 18.6. The van der Waals surface area contributed by atoms with Crippen LogP contribution in [0.15, 0.2) is 0 Å². The van der Waals surface area contributed by atoms with E-state index in [-0.39, 0.29) is 18.6 Å². The zero-order valence-electron chi connectivity index (χ0n) is 13.1. The molecular formula is C14H23F3N2O3. The third-order valence-electron chi connectivity index (χ3n) is 3.36. The summed E-state index contributed by atoms with van der Waals surface area (Å²) in [6.07, 6.45) is -3.33. The fourth-order valence-corrected chi connectivity index (χ4v) is 2.22. The van der Waals surface area contributed by atoms with E-state index >= 15 is 0 Å². The van der Waals surface area contributed by atoms with Crippen molar-refractivity contribution in [1.82, 2.24) is 10.2 Å². The van der Waals surface area contributed by atoms with Gasteiger partial charge in [0.25, 0.3) is 0 Å². The average Bonchev–Trinajstić information content (AvgIpc) is 2.36. The standard InChI is InChI=1S/C14H23F3N2O3/c1-13(2,3)22-12(21)19-8-5-10(6-9-19)4-7-18-11(20)14(15,16)17/h10H,4-9H2,1-3H3,(H,18,20). The predicted octanol–water partition coefficient (Wildman–Crippen LogP) is 2.70. The van der Waals surface area contributed by atoms with Crippen LogP contribution in [0.1, 0.15) is 40.0 Å². The molecule has 0 atom stereocenters. The molecule has 1 rings (SSSR count). The number of ether oxygens (including phenoxy) is 1. The van der Waals surface area contributed by atoms with Gasteiger partial charge in [-0.1, -0.05) is 0 Å². The largest absolute Gasteiger partial charge is 0.471 e. The number of halogens is 3. The lowest BCUT2D eigenvalue weighted by molar-refractivity contribution is -0.173. The maximum atomic E-state index is 12.0. The first-order chi connectivity index (χ1) is 9.99. The number of nitrogens with one attached hydrogen (secondary N) is 1. The van der Waals surface area contributed by atoms with E-state index in [9.17, 15) is 22.8 Å². The summed E-state index contributed by atoms with van der Waals surface area (Å²) in [4.78, 5) is 24.1. The van der Waals surface area contributed by atoms with E-state index in [1.165, 1.54) is 0 Å². The number of likely N-dealkylation sites (tertiary alicyclic amines) is 1. The van der Waals surface area contributed by atoms with Crippen molar-refractivity contribution in [3.63, 3.8) is 0 Å². The summed E-state index contributed by atoms with van der Waals surface area (Å²) < 4.78 is 41.3. The first-order valence-corrected chi connectivity index (χ1v) is 7.32. The lowest BCUT2D eigenvalue weighted by Gasteiger charge is -2.33. The molecule has 1 aliphatic heterocycles. The van der Waals surface area contributed by atoms with E-state index in [1.807, 2.05) is 5.32 Å². The van der Waals surface area contributed by atoms with Crippen molar-refractivity contribution in [2.24, 2.45) is 5.92 Å². The summed E-state index contributed by atoms with van der Waals surface area (Å²) in [5.41, 5.74) is -0.546. The van der Waals surface area contributed by atoms with Crippen molar-refractivity contribution in [1.29, 1.82) is 0 Å². The quantitative estimate of drug-likeness (QED) is 0.868. The molecule has 1 N–H and O–H groups in total. The number of nitrogens with zero attached hydrogens (tertiary/aromatic N) is 1. The summed E-state index contributed by atoms with van der Waals surface area (Å²) in [5, 5.41) is 1.87. The van der Waals surface area contributed by atoms with Gasteiger partial charge in [0, 0.05) is 19.6 Å². The molecule has 1 fully saturated rings. The molecule has 0 radical (unpaired) electrons. The summed E-state index contributed by atoms with van der Waals surface area (Å²) >= 11 is 0. The summed E-state index contributed by atoms with van der Waals surface area (Å²) in [6, 6.07) is 0. The Morgan fingerprint density at radius 1 is 1.18 bits per heavy atom. The van der Waals surface area contributed by atoms with Crippen LogP contribution in [-0.4, -0.2) is 48.3 Å². The molecule has 0 aliphatic carbocycles. The minimum atomic E-state index is -4.83. The third-order valence-corrected chi connectivity index (χ3v) is 3.36. The third kappa shape index (κ3) is 6.53. The van der Waals surface area contributed by atoms with E-state index in [1.54, 1.807) is 25.7 Å². The number of rotatable bonds is 3.